The van der Waals surface area contributed by atoms with Gasteiger partial charge in [-0.1, -0.05) is 18.2 Å². The summed E-state index contributed by atoms with van der Waals surface area (Å²) in [6.45, 7) is 9.60. The molecule has 1 atom stereocenters. The number of likely N-dealkylation sites (tertiary alicyclic amines) is 1. The van der Waals surface area contributed by atoms with E-state index >= 15 is 0 Å². The van der Waals surface area contributed by atoms with Gasteiger partial charge < -0.3 is 10.1 Å². The molecule has 1 unspecified atom stereocenters. The zero-order valence-corrected chi connectivity index (χ0v) is 13.6. The minimum absolute atomic E-state index is 0. The van der Waals surface area contributed by atoms with Crippen LogP contribution in [0.15, 0.2) is 18.2 Å². The van der Waals surface area contributed by atoms with Gasteiger partial charge in [-0.3, -0.25) is 4.90 Å². The Morgan fingerprint density at radius 3 is 2.65 bits per heavy atom. The normalized spacial score (nSPS) is 18.9. The van der Waals surface area contributed by atoms with Crippen LogP contribution in [0.25, 0.3) is 0 Å². The summed E-state index contributed by atoms with van der Waals surface area (Å²) in [5.41, 5.74) is 2.46. The van der Waals surface area contributed by atoms with Gasteiger partial charge in [-0.15, -0.1) is 12.4 Å². The largest absolute Gasteiger partial charge is 0.492 e. The first-order chi connectivity index (χ1) is 9.20. The van der Waals surface area contributed by atoms with Crippen molar-refractivity contribution >= 4 is 12.4 Å². The molecule has 1 fully saturated rings. The Morgan fingerprint density at radius 1 is 1.30 bits per heavy atom. The molecule has 4 heteroatoms. The Kier molecular flexibility index (Phi) is 7.35. The molecule has 0 spiro atoms. The summed E-state index contributed by atoms with van der Waals surface area (Å²) in [5.74, 6) is 1.87. The molecule has 1 aromatic rings. The number of benzene rings is 1. The van der Waals surface area contributed by atoms with Crippen LogP contribution in [0.4, 0.5) is 0 Å². The predicted molar refractivity (Wildman–Crippen MR) is 87.1 cm³/mol. The summed E-state index contributed by atoms with van der Waals surface area (Å²) in [7, 11) is 2.03. The van der Waals surface area contributed by atoms with Crippen LogP contribution in [0.5, 0.6) is 5.75 Å². The highest BCUT2D eigenvalue weighted by Gasteiger charge is 2.21. The molecule has 1 heterocycles. The molecule has 1 aliphatic heterocycles. The summed E-state index contributed by atoms with van der Waals surface area (Å²) in [5, 5.41) is 3.27. The third-order valence-corrected chi connectivity index (χ3v) is 3.93. The molecule has 0 amide bonds. The third kappa shape index (κ3) is 4.65. The molecule has 1 saturated heterocycles. The van der Waals surface area contributed by atoms with Gasteiger partial charge in [-0.05, 0) is 57.5 Å². The maximum atomic E-state index is 5.97. The molecular formula is C16H27ClN2O. The number of hydrogen-bond acceptors (Lipinski definition) is 3. The molecule has 20 heavy (non-hydrogen) atoms. The van der Waals surface area contributed by atoms with E-state index in [1.165, 1.54) is 30.6 Å². The van der Waals surface area contributed by atoms with Gasteiger partial charge in [0.25, 0.3) is 0 Å². The minimum Gasteiger partial charge on any atom is -0.492 e. The average Bonchev–Trinajstić information content (AvgIpc) is 2.81. The van der Waals surface area contributed by atoms with Crippen LogP contribution >= 0.6 is 12.4 Å². The van der Waals surface area contributed by atoms with Crippen molar-refractivity contribution in [2.24, 2.45) is 5.92 Å². The summed E-state index contributed by atoms with van der Waals surface area (Å²) < 4.78 is 5.97. The third-order valence-electron chi connectivity index (χ3n) is 3.93. The van der Waals surface area contributed by atoms with Gasteiger partial charge in [-0.25, -0.2) is 0 Å². The first-order valence-electron chi connectivity index (χ1n) is 7.26. The Bertz CT molecular complexity index is 391. The quantitative estimate of drug-likeness (QED) is 0.874. The number of nitrogens with zero attached hydrogens (tertiary/aromatic N) is 1. The highest BCUT2D eigenvalue weighted by Crippen LogP contribution is 2.22. The number of hydrogen-bond donors (Lipinski definition) is 1. The molecule has 1 aliphatic rings. The van der Waals surface area contributed by atoms with E-state index in [0.717, 1.165) is 31.4 Å². The lowest BCUT2D eigenvalue weighted by Gasteiger charge is -2.18. The van der Waals surface area contributed by atoms with Crippen molar-refractivity contribution in [3.05, 3.63) is 29.3 Å². The Morgan fingerprint density at radius 2 is 2.00 bits per heavy atom. The zero-order chi connectivity index (χ0) is 13.7. The Hall–Kier alpha value is -0.770. The fraction of sp³-hybridized carbons (Fsp3) is 0.625. The van der Waals surface area contributed by atoms with Crippen molar-refractivity contribution in [1.29, 1.82) is 0 Å². The maximum Gasteiger partial charge on any atom is 0.125 e. The first-order valence-corrected chi connectivity index (χ1v) is 7.26. The van der Waals surface area contributed by atoms with Crippen LogP contribution in [-0.4, -0.2) is 44.7 Å². The second-order valence-corrected chi connectivity index (χ2v) is 5.58. The lowest BCUT2D eigenvalue weighted by atomic mass is 10.1. The summed E-state index contributed by atoms with van der Waals surface area (Å²) in [6, 6.07) is 6.31. The first kappa shape index (κ1) is 17.3. The topological polar surface area (TPSA) is 24.5 Å². The highest BCUT2D eigenvalue weighted by molar-refractivity contribution is 5.85. The van der Waals surface area contributed by atoms with Gasteiger partial charge in [0.2, 0.25) is 0 Å². The summed E-state index contributed by atoms with van der Waals surface area (Å²) in [6.07, 6.45) is 1.31. The van der Waals surface area contributed by atoms with Crippen LogP contribution in [-0.2, 0) is 0 Å². The van der Waals surface area contributed by atoms with E-state index in [0.29, 0.717) is 0 Å². The molecule has 114 valence electrons. The van der Waals surface area contributed by atoms with E-state index in [4.69, 9.17) is 4.74 Å². The van der Waals surface area contributed by atoms with Gasteiger partial charge >= 0.3 is 0 Å². The SMILES string of the molecule is CNCC1CCN(CCOc2c(C)cccc2C)C1.Cl. The van der Waals surface area contributed by atoms with Gasteiger partial charge in [0, 0.05) is 13.1 Å². The summed E-state index contributed by atoms with van der Waals surface area (Å²) in [4.78, 5) is 2.51. The van der Waals surface area contributed by atoms with Crippen molar-refractivity contribution in [2.45, 2.75) is 20.3 Å². The van der Waals surface area contributed by atoms with Gasteiger partial charge in [0.05, 0.1) is 0 Å². The Labute approximate surface area is 129 Å². The van der Waals surface area contributed by atoms with Crippen LogP contribution in [0.1, 0.15) is 17.5 Å². The molecule has 0 aromatic heterocycles. The molecule has 1 aromatic carbocycles. The summed E-state index contributed by atoms with van der Waals surface area (Å²) >= 11 is 0. The molecule has 3 nitrogen and oxygen atoms in total. The molecule has 2 rings (SSSR count). The number of ether oxygens (including phenoxy) is 1. The van der Waals surface area contributed by atoms with Gasteiger partial charge in [0.1, 0.15) is 12.4 Å². The lowest BCUT2D eigenvalue weighted by Crippen LogP contribution is -2.28. The van der Waals surface area contributed by atoms with Gasteiger partial charge in [-0.2, -0.15) is 0 Å². The minimum atomic E-state index is 0. The Balaban J connectivity index is 0.00000200. The van der Waals surface area contributed by atoms with E-state index in [1.807, 2.05) is 7.05 Å². The molecule has 0 saturated carbocycles. The van der Waals surface area contributed by atoms with Crippen LogP contribution in [0.2, 0.25) is 0 Å². The number of para-hydroxylation sites is 1. The van der Waals surface area contributed by atoms with Crippen LogP contribution in [0.3, 0.4) is 0 Å². The van der Waals surface area contributed by atoms with E-state index in [-0.39, 0.29) is 12.4 Å². The number of aryl methyl sites for hydroxylation is 2. The average molecular weight is 299 g/mol. The van der Waals surface area contributed by atoms with Crippen molar-refractivity contribution in [3.63, 3.8) is 0 Å². The van der Waals surface area contributed by atoms with E-state index in [2.05, 4.69) is 42.3 Å². The number of rotatable bonds is 6. The maximum absolute atomic E-state index is 5.97. The van der Waals surface area contributed by atoms with Crippen LogP contribution < -0.4 is 10.1 Å². The zero-order valence-electron chi connectivity index (χ0n) is 12.8. The fourth-order valence-corrected chi connectivity index (χ4v) is 2.87. The molecule has 0 aliphatic carbocycles. The monoisotopic (exact) mass is 298 g/mol. The molecule has 0 bridgehead atoms. The van der Waals surface area contributed by atoms with Crippen molar-refractivity contribution in [1.82, 2.24) is 10.2 Å². The fourth-order valence-electron chi connectivity index (χ4n) is 2.87. The van der Waals surface area contributed by atoms with Crippen molar-refractivity contribution < 1.29 is 4.74 Å². The van der Waals surface area contributed by atoms with Gasteiger partial charge in [0.15, 0.2) is 0 Å². The second-order valence-electron chi connectivity index (χ2n) is 5.58. The standard InChI is InChI=1S/C16H26N2O.ClH/c1-13-5-4-6-14(2)16(13)19-10-9-18-8-7-15(12-18)11-17-3;/h4-6,15,17H,7-12H2,1-3H3;1H. The van der Waals surface area contributed by atoms with Crippen molar-refractivity contribution in [3.8, 4) is 5.75 Å². The van der Waals surface area contributed by atoms with E-state index < -0.39 is 0 Å². The second kappa shape index (κ2) is 8.50. The smallest absolute Gasteiger partial charge is 0.125 e. The number of nitrogens with one attached hydrogen (secondary N) is 1. The predicted octanol–water partition coefficient (Wildman–Crippen LogP) is 2.65. The molecule has 1 N–H and O–H groups in total. The lowest BCUT2D eigenvalue weighted by molar-refractivity contribution is 0.231. The molecular weight excluding hydrogens is 272 g/mol. The molecule has 0 radical (unpaired) electrons. The number of halogens is 1. The highest BCUT2D eigenvalue weighted by atomic mass is 35.5. The van der Waals surface area contributed by atoms with E-state index in [9.17, 15) is 0 Å². The van der Waals surface area contributed by atoms with E-state index in [1.54, 1.807) is 0 Å². The van der Waals surface area contributed by atoms with Crippen LogP contribution in [0, 0.1) is 19.8 Å². The van der Waals surface area contributed by atoms with Crippen molar-refractivity contribution in [2.75, 3.05) is 39.8 Å².